The molecule has 3 rings (SSSR count). The number of ether oxygens (including phenoxy) is 3. The van der Waals surface area contributed by atoms with Gasteiger partial charge in [-0.1, -0.05) is 42.2 Å². The summed E-state index contributed by atoms with van der Waals surface area (Å²) >= 11 is 6.74. The Bertz CT molecular complexity index is 909. The molecule has 146 valence electrons. The minimum atomic E-state index is -0.0636. The fourth-order valence-electron chi connectivity index (χ4n) is 2.82. The zero-order valence-electron chi connectivity index (χ0n) is 15.9. The standard InChI is InChI=1S/C21H21NO4S2/c1-24-16-7-4-14(5-8-16)13-19-20(23)22(21(27)28-19)11-10-15-6-9-17(25-2)18(12-15)26-3/h4-9,12-13H,10-11H2,1-3H3/b19-13+. The number of thioether (sulfide) groups is 1. The van der Waals surface area contributed by atoms with E-state index in [1.54, 1.807) is 26.2 Å². The lowest BCUT2D eigenvalue weighted by Crippen LogP contribution is -2.30. The normalized spacial score (nSPS) is 15.2. The maximum absolute atomic E-state index is 12.8. The van der Waals surface area contributed by atoms with Gasteiger partial charge >= 0.3 is 0 Å². The number of methoxy groups -OCH3 is 3. The van der Waals surface area contributed by atoms with Crippen molar-refractivity contribution in [3.8, 4) is 17.2 Å². The number of carbonyl (C=O) groups is 1. The van der Waals surface area contributed by atoms with E-state index in [0.717, 1.165) is 16.9 Å². The Balaban J connectivity index is 1.69. The second kappa shape index (κ2) is 9.12. The third-order valence-corrected chi connectivity index (χ3v) is 5.74. The highest BCUT2D eigenvalue weighted by atomic mass is 32.2. The number of amides is 1. The van der Waals surface area contributed by atoms with Crippen LogP contribution in [-0.4, -0.2) is 43.0 Å². The molecule has 2 aromatic rings. The topological polar surface area (TPSA) is 48.0 Å². The summed E-state index contributed by atoms with van der Waals surface area (Å²) in [4.78, 5) is 15.0. The molecular weight excluding hydrogens is 394 g/mol. The predicted molar refractivity (Wildman–Crippen MR) is 116 cm³/mol. The second-order valence-corrected chi connectivity index (χ2v) is 7.72. The summed E-state index contributed by atoms with van der Waals surface area (Å²) in [6.07, 6.45) is 2.53. The van der Waals surface area contributed by atoms with E-state index in [9.17, 15) is 4.79 Å². The van der Waals surface area contributed by atoms with Crippen molar-refractivity contribution in [1.82, 2.24) is 4.90 Å². The number of hydrogen-bond donors (Lipinski definition) is 0. The summed E-state index contributed by atoms with van der Waals surface area (Å²) < 4.78 is 16.3. The summed E-state index contributed by atoms with van der Waals surface area (Å²) in [7, 11) is 4.83. The van der Waals surface area contributed by atoms with E-state index in [4.69, 9.17) is 26.4 Å². The summed E-state index contributed by atoms with van der Waals surface area (Å²) in [5.74, 6) is 2.06. The highest BCUT2D eigenvalue weighted by Crippen LogP contribution is 2.33. The monoisotopic (exact) mass is 415 g/mol. The highest BCUT2D eigenvalue weighted by Gasteiger charge is 2.31. The molecule has 1 aliphatic rings. The van der Waals surface area contributed by atoms with Crippen molar-refractivity contribution < 1.29 is 19.0 Å². The van der Waals surface area contributed by atoms with Gasteiger partial charge in [0, 0.05) is 6.54 Å². The number of rotatable bonds is 7. The van der Waals surface area contributed by atoms with Crippen LogP contribution in [0.3, 0.4) is 0 Å². The average Bonchev–Trinajstić information content (AvgIpc) is 2.99. The van der Waals surface area contributed by atoms with Gasteiger partial charge in [-0.25, -0.2) is 0 Å². The first-order chi connectivity index (χ1) is 13.5. The van der Waals surface area contributed by atoms with Gasteiger partial charge in [-0.15, -0.1) is 0 Å². The summed E-state index contributed by atoms with van der Waals surface area (Å²) in [5, 5.41) is 0. The zero-order valence-corrected chi connectivity index (χ0v) is 17.6. The Morgan fingerprint density at radius 2 is 1.71 bits per heavy atom. The SMILES string of the molecule is COc1ccc(/C=C2/SC(=S)N(CCc3ccc(OC)c(OC)c3)C2=O)cc1. The van der Waals surface area contributed by atoms with Gasteiger partial charge in [0.05, 0.1) is 26.2 Å². The van der Waals surface area contributed by atoms with Crippen LogP contribution in [-0.2, 0) is 11.2 Å². The molecule has 0 bridgehead atoms. The third-order valence-electron chi connectivity index (χ3n) is 4.36. The lowest BCUT2D eigenvalue weighted by atomic mass is 10.1. The lowest BCUT2D eigenvalue weighted by molar-refractivity contribution is -0.122. The van der Waals surface area contributed by atoms with Crippen molar-refractivity contribution in [2.24, 2.45) is 0 Å². The second-order valence-electron chi connectivity index (χ2n) is 6.05. The molecule has 0 spiro atoms. The largest absolute Gasteiger partial charge is 0.497 e. The van der Waals surface area contributed by atoms with Crippen LogP contribution in [0, 0.1) is 0 Å². The van der Waals surface area contributed by atoms with Crippen LogP contribution < -0.4 is 14.2 Å². The fourth-order valence-corrected chi connectivity index (χ4v) is 4.13. The lowest BCUT2D eigenvalue weighted by Gasteiger charge is -2.15. The first-order valence-corrected chi connectivity index (χ1v) is 9.88. The van der Waals surface area contributed by atoms with Crippen LogP contribution in [0.4, 0.5) is 0 Å². The number of benzene rings is 2. The molecule has 1 aliphatic heterocycles. The zero-order chi connectivity index (χ0) is 20.1. The van der Waals surface area contributed by atoms with Crippen molar-refractivity contribution in [3.63, 3.8) is 0 Å². The van der Waals surface area contributed by atoms with E-state index >= 15 is 0 Å². The van der Waals surface area contributed by atoms with Crippen LogP contribution in [0.1, 0.15) is 11.1 Å². The summed E-state index contributed by atoms with van der Waals surface area (Å²) in [6, 6.07) is 13.3. The van der Waals surface area contributed by atoms with Gasteiger partial charge in [0.15, 0.2) is 11.5 Å². The van der Waals surface area contributed by atoms with Crippen LogP contribution in [0.15, 0.2) is 47.4 Å². The van der Waals surface area contributed by atoms with E-state index in [0.29, 0.717) is 33.7 Å². The molecular formula is C21H21NO4S2. The van der Waals surface area contributed by atoms with Crippen LogP contribution >= 0.6 is 24.0 Å². The molecule has 1 heterocycles. The van der Waals surface area contributed by atoms with Gasteiger partial charge in [-0.05, 0) is 47.9 Å². The first-order valence-electron chi connectivity index (χ1n) is 8.66. The molecule has 1 saturated heterocycles. The quantitative estimate of drug-likeness (QED) is 0.500. The number of nitrogens with zero attached hydrogens (tertiary/aromatic N) is 1. The molecule has 0 aromatic heterocycles. The third kappa shape index (κ3) is 4.48. The molecule has 0 N–H and O–H groups in total. The van der Waals surface area contributed by atoms with Crippen molar-refractivity contribution in [3.05, 3.63) is 58.5 Å². The van der Waals surface area contributed by atoms with Crippen LogP contribution in [0.5, 0.6) is 17.2 Å². The maximum atomic E-state index is 12.8. The van der Waals surface area contributed by atoms with Crippen molar-refractivity contribution in [2.75, 3.05) is 27.9 Å². The highest BCUT2D eigenvalue weighted by molar-refractivity contribution is 8.26. The van der Waals surface area contributed by atoms with E-state index < -0.39 is 0 Å². The van der Waals surface area contributed by atoms with E-state index in [2.05, 4.69) is 0 Å². The Kier molecular flexibility index (Phi) is 6.59. The maximum Gasteiger partial charge on any atom is 0.266 e. The number of hydrogen-bond acceptors (Lipinski definition) is 6. The minimum absolute atomic E-state index is 0.0636. The van der Waals surface area contributed by atoms with Crippen molar-refractivity contribution in [1.29, 1.82) is 0 Å². The molecule has 0 radical (unpaired) electrons. The molecule has 2 aromatic carbocycles. The summed E-state index contributed by atoms with van der Waals surface area (Å²) in [5.41, 5.74) is 1.98. The number of carbonyl (C=O) groups excluding carboxylic acids is 1. The molecule has 0 unspecified atom stereocenters. The average molecular weight is 416 g/mol. The molecule has 5 nitrogen and oxygen atoms in total. The van der Waals surface area contributed by atoms with Crippen molar-refractivity contribution >= 4 is 40.3 Å². The van der Waals surface area contributed by atoms with Crippen LogP contribution in [0.2, 0.25) is 0 Å². The van der Waals surface area contributed by atoms with Crippen LogP contribution in [0.25, 0.3) is 6.08 Å². The van der Waals surface area contributed by atoms with E-state index in [1.807, 2.05) is 48.5 Å². The molecule has 28 heavy (non-hydrogen) atoms. The summed E-state index contributed by atoms with van der Waals surface area (Å²) in [6.45, 7) is 0.514. The number of thiocarbonyl (C=S) groups is 1. The Labute approximate surface area is 174 Å². The smallest absolute Gasteiger partial charge is 0.266 e. The van der Waals surface area contributed by atoms with Gasteiger partial charge in [0.2, 0.25) is 0 Å². The Morgan fingerprint density at radius 1 is 1.00 bits per heavy atom. The van der Waals surface area contributed by atoms with E-state index in [1.165, 1.54) is 11.8 Å². The molecule has 0 aliphatic carbocycles. The molecule has 7 heteroatoms. The Hall–Kier alpha value is -2.51. The van der Waals surface area contributed by atoms with Gasteiger partial charge in [-0.3, -0.25) is 9.69 Å². The molecule has 0 atom stereocenters. The minimum Gasteiger partial charge on any atom is -0.497 e. The molecule has 0 saturated carbocycles. The first kappa shape index (κ1) is 20.2. The fraction of sp³-hybridized carbons (Fsp3) is 0.238. The predicted octanol–water partition coefficient (Wildman–Crippen LogP) is 4.16. The van der Waals surface area contributed by atoms with Gasteiger partial charge in [-0.2, -0.15) is 0 Å². The van der Waals surface area contributed by atoms with Crippen molar-refractivity contribution in [2.45, 2.75) is 6.42 Å². The van der Waals surface area contributed by atoms with Gasteiger partial charge in [0.25, 0.3) is 5.91 Å². The molecule has 1 amide bonds. The Morgan fingerprint density at radius 3 is 2.36 bits per heavy atom. The van der Waals surface area contributed by atoms with Gasteiger partial charge in [0.1, 0.15) is 10.1 Å². The molecule has 1 fully saturated rings. The van der Waals surface area contributed by atoms with Gasteiger partial charge < -0.3 is 14.2 Å². The van der Waals surface area contributed by atoms with E-state index in [-0.39, 0.29) is 5.91 Å².